The lowest BCUT2D eigenvalue weighted by Crippen LogP contribution is -2.33. The molecule has 2 aromatic carbocycles. The summed E-state index contributed by atoms with van der Waals surface area (Å²) >= 11 is 6.37. The molecule has 30 heavy (non-hydrogen) atoms. The molecule has 0 unspecified atom stereocenters. The second kappa shape index (κ2) is 8.92. The minimum absolute atomic E-state index is 0.159. The van der Waals surface area contributed by atoms with Crippen LogP contribution in [-0.2, 0) is 0 Å². The van der Waals surface area contributed by atoms with E-state index in [1.54, 1.807) is 17.0 Å². The summed E-state index contributed by atoms with van der Waals surface area (Å²) in [4.78, 5) is 26.3. The van der Waals surface area contributed by atoms with E-state index in [0.717, 1.165) is 16.8 Å². The molecule has 7 nitrogen and oxygen atoms in total. The highest BCUT2D eigenvalue weighted by Gasteiger charge is 2.18. The van der Waals surface area contributed by atoms with Crippen LogP contribution in [0.15, 0.2) is 74.4 Å². The maximum atomic E-state index is 13.5. The average molecular weight is 421 g/mol. The number of amidine groups is 1. The third-order valence-electron chi connectivity index (χ3n) is 4.77. The first-order valence-electron chi connectivity index (χ1n) is 9.58. The van der Waals surface area contributed by atoms with Crippen LogP contribution in [0, 0.1) is 0 Å². The predicted octanol–water partition coefficient (Wildman–Crippen LogP) is 3.31. The number of aromatic nitrogens is 1. The van der Waals surface area contributed by atoms with Crippen LogP contribution in [0.25, 0.3) is 16.5 Å². The number of nitrogens with zero attached hydrogens (tertiary/aromatic N) is 4. The molecule has 1 atom stereocenters. The molecule has 2 heterocycles. The largest absolute Gasteiger partial charge is 0.364 e. The monoisotopic (exact) mass is 420 g/mol. The van der Waals surface area contributed by atoms with Crippen LogP contribution in [0.5, 0.6) is 0 Å². The first kappa shape index (κ1) is 19.8. The van der Waals surface area contributed by atoms with E-state index in [4.69, 9.17) is 11.6 Å². The summed E-state index contributed by atoms with van der Waals surface area (Å²) in [6.07, 6.45) is 3.11. The smallest absolute Gasteiger partial charge is 0.264 e. The van der Waals surface area contributed by atoms with Gasteiger partial charge in [0.05, 0.1) is 29.3 Å². The van der Waals surface area contributed by atoms with Crippen LogP contribution < -0.4 is 16.2 Å². The molecular weight excluding hydrogens is 400 g/mol. The molecule has 0 saturated heterocycles. The summed E-state index contributed by atoms with van der Waals surface area (Å²) in [6, 6.07) is 16.8. The highest BCUT2D eigenvalue weighted by Crippen LogP contribution is 2.25. The molecule has 0 spiro atoms. The molecule has 8 heteroatoms. The Hall–Kier alpha value is -3.45. The van der Waals surface area contributed by atoms with Crippen molar-refractivity contribution in [2.24, 2.45) is 15.0 Å². The molecule has 0 radical (unpaired) electrons. The zero-order chi connectivity index (χ0) is 20.9. The Bertz CT molecular complexity index is 1200. The maximum absolute atomic E-state index is 13.5. The van der Waals surface area contributed by atoms with Crippen molar-refractivity contribution < 1.29 is 0 Å². The number of para-hydroxylation sites is 1. The van der Waals surface area contributed by atoms with Crippen molar-refractivity contribution in [3.05, 3.63) is 75.7 Å². The van der Waals surface area contributed by atoms with Crippen LogP contribution in [-0.4, -0.2) is 36.3 Å². The topological polar surface area (TPSA) is 83.1 Å². The SMILES string of the molecule is C[C@H](N/C1=N/C=N\CN/C=N\C1)c1cc2cccc(Cl)c2c(=O)n1-c1ccccc1. The standard InChI is InChI=1S/C22H21ClN6O/c1-15(28-20-11-24-12-25-13-26-14-27-20)19-10-16-6-5-9-18(23)21(16)22(30)29(19)17-7-3-2-4-8-17/h2-10,12,14-15H,11,13H2,1H3,(H,24,25)(H,26,27,28)/t15-/m0/s1. The lowest BCUT2D eigenvalue weighted by molar-refractivity contribution is 0.659. The molecule has 3 aromatic rings. The molecule has 0 aliphatic carbocycles. The van der Waals surface area contributed by atoms with Gasteiger partial charge >= 0.3 is 0 Å². The first-order chi connectivity index (χ1) is 14.6. The number of halogens is 1. The average Bonchev–Trinajstić information content (AvgIpc) is 2.88. The van der Waals surface area contributed by atoms with Gasteiger partial charge in [0.2, 0.25) is 0 Å². The molecule has 4 rings (SSSR count). The minimum atomic E-state index is -0.225. The summed E-state index contributed by atoms with van der Waals surface area (Å²) in [5, 5.41) is 8.05. The Morgan fingerprint density at radius 3 is 2.80 bits per heavy atom. The Balaban J connectivity index is 1.84. The fourth-order valence-corrected chi connectivity index (χ4v) is 3.65. The fraction of sp³-hybridized carbons (Fsp3) is 0.182. The van der Waals surface area contributed by atoms with Crippen molar-refractivity contribution in [1.29, 1.82) is 0 Å². The lowest BCUT2D eigenvalue weighted by atomic mass is 10.1. The number of pyridine rings is 1. The van der Waals surface area contributed by atoms with Crippen LogP contribution in [0.4, 0.5) is 0 Å². The van der Waals surface area contributed by atoms with Gasteiger partial charge in [-0.3, -0.25) is 19.3 Å². The van der Waals surface area contributed by atoms with Crippen molar-refractivity contribution in [1.82, 2.24) is 15.2 Å². The van der Waals surface area contributed by atoms with E-state index in [0.29, 0.717) is 29.5 Å². The minimum Gasteiger partial charge on any atom is -0.364 e. The zero-order valence-electron chi connectivity index (χ0n) is 16.4. The van der Waals surface area contributed by atoms with Crippen molar-refractivity contribution in [2.75, 3.05) is 13.2 Å². The number of hydrogen-bond acceptors (Lipinski definition) is 6. The summed E-state index contributed by atoms with van der Waals surface area (Å²) in [5.41, 5.74) is 1.41. The van der Waals surface area contributed by atoms with Gasteiger partial charge in [0.15, 0.2) is 0 Å². The quantitative estimate of drug-likeness (QED) is 0.681. The number of hydrogen-bond donors (Lipinski definition) is 2. The summed E-state index contributed by atoms with van der Waals surface area (Å²) in [7, 11) is 0. The molecule has 0 amide bonds. The number of rotatable bonds is 3. The van der Waals surface area contributed by atoms with E-state index < -0.39 is 0 Å². The van der Waals surface area contributed by atoms with Gasteiger partial charge in [-0.2, -0.15) is 0 Å². The van der Waals surface area contributed by atoms with Gasteiger partial charge in [-0.05, 0) is 36.6 Å². The molecule has 0 fully saturated rings. The van der Waals surface area contributed by atoms with Crippen molar-refractivity contribution in [3.63, 3.8) is 0 Å². The highest BCUT2D eigenvalue weighted by molar-refractivity contribution is 6.35. The Labute approximate surface area is 178 Å². The predicted molar refractivity (Wildman–Crippen MR) is 123 cm³/mol. The van der Waals surface area contributed by atoms with Gasteiger partial charge in [-0.15, -0.1) is 0 Å². The van der Waals surface area contributed by atoms with Crippen LogP contribution in [0.1, 0.15) is 18.7 Å². The zero-order valence-corrected chi connectivity index (χ0v) is 17.2. The number of aliphatic imine (C=N–C) groups is 3. The van der Waals surface area contributed by atoms with Gasteiger partial charge in [0.25, 0.3) is 5.56 Å². The summed E-state index contributed by atoms with van der Waals surface area (Å²) < 4.78 is 1.69. The molecule has 2 N–H and O–H groups in total. The van der Waals surface area contributed by atoms with Gasteiger partial charge in [0, 0.05) is 11.4 Å². The second-order valence-electron chi connectivity index (χ2n) is 6.82. The summed E-state index contributed by atoms with van der Waals surface area (Å²) in [5.74, 6) is 0.657. The molecule has 1 aliphatic heterocycles. The van der Waals surface area contributed by atoms with Gasteiger partial charge in [0.1, 0.15) is 18.8 Å². The Morgan fingerprint density at radius 1 is 1.13 bits per heavy atom. The molecule has 1 aromatic heterocycles. The lowest BCUT2D eigenvalue weighted by Gasteiger charge is -2.22. The number of fused-ring (bicyclic) bond motifs is 1. The maximum Gasteiger partial charge on any atom is 0.264 e. The first-order valence-corrected chi connectivity index (χ1v) is 9.96. The van der Waals surface area contributed by atoms with Gasteiger partial charge in [-0.1, -0.05) is 41.9 Å². The highest BCUT2D eigenvalue weighted by atomic mass is 35.5. The molecule has 0 saturated carbocycles. The van der Waals surface area contributed by atoms with Crippen molar-refractivity contribution >= 4 is 40.9 Å². The van der Waals surface area contributed by atoms with Crippen molar-refractivity contribution in [2.45, 2.75) is 13.0 Å². The Kier molecular flexibility index (Phi) is 5.90. The van der Waals surface area contributed by atoms with E-state index in [1.165, 1.54) is 6.34 Å². The third-order valence-corrected chi connectivity index (χ3v) is 5.08. The third kappa shape index (κ3) is 4.11. The van der Waals surface area contributed by atoms with E-state index in [-0.39, 0.29) is 11.6 Å². The van der Waals surface area contributed by atoms with Gasteiger partial charge < -0.3 is 10.6 Å². The van der Waals surface area contributed by atoms with Gasteiger partial charge in [-0.25, -0.2) is 4.99 Å². The molecule has 152 valence electrons. The van der Waals surface area contributed by atoms with Crippen LogP contribution in [0.3, 0.4) is 0 Å². The molecule has 0 bridgehead atoms. The summed E-state index contributed by atoms with van der Waals surface area (Å²) in [6.45, 7) is 2.78. The van der Waals surface area contributed by atoms with Crippen molar-refractivity contribution in [3.8, 4) is 5.69 Å². The second-order valence-corrected chi connectivity index (χ2v) is 7.23. The Morgan fingerprint density at radius 2 is 1.97 bits per heavy atom. The number of benzene rings is 2. The van der Waals surface area contributed by atoms with E-state index >= 15 is 0 Å². The molecular formula is C22H21ClN6O. The normalized spacial score (nSPS) is 18.8. The van der Waals surface area contributed by atoms with E-state index in [2.05, 4.69) is 25.6 Å². The van der Waals surface area contributed by atoms with Crippen LogP contribution >= 0.6 is 11.6 Å². The van der Waals surface area contributed by atoms with E-state index in [1.807, 2.05) is 55.5 Å². The number of nitrogens with one attached hydrogen (secondary N) is 2. The van der Waals surface area contributed by atoms with E-state index in [9.17, 15) is 4.79 Å². The van der Waals surface area contributed by atoms with Crippen LogP contribution in [0.2, 0.25) is 5.02 Å². The molecule has 1 aliphatic rings. The fourth-order valence-electron chi connectivity index (χ4n) is 3.39.